The number of carbonyl (C=O) groups is 1. The third-order valence-corrected chi connectivity index (χ3v) is 3.54. The zero-order chi connectivity index (χ0) is 16.2. The van der Waals surface area contributed by atoms with Crippen molar-refractivity contribution >= 4 is 6.03 Å². The standard InChI is InChI=1S/C16H15F2N3O2/c17-11-4-5-12(19-8-11)9-20-16(22)21-6-7-23-15-3-1-2-14(18)13(15)10-21/h1-5,8H,6-7,9-10H2,(H,20,22). The van der Waals surface area contributed by atoms with Crippen LogP contribution in [0.25, 0.3) is 0 Å². The topological polar surface area (TPSA) is 54.5 Å². The first-order valence-electron chi connectivity index (χ1n) is 7.17. The zero-order valence-corrected chi connectivity index (χ0v) is 12.3. The Kier molecular flexibility index (Phi) is 4.36. The number of nitrogens with zero attached hydrogens (tertiary/aromatic N) is 2. The van der Waals surface area contributed by atoms with Crippen LogP contribution in [0, 0.1) is 11.6 Å². The number of amides is 2. The lowest BCUT2D eigenvalue weighted by Gasteiger charge is -2.20. The Morgan fingerprint density at radius 1 is 1.30 bits per heavy atom. The number of carbonyl (C=O) groups excluding carboxylic acids is 1. The molecule has 2 heterocycles. The fourth-order valence-corrected chi connectivity index (χ4v) is 2.33. The first-order valence-corrected chi connectivity index (χ1v) is 7.17. The lowest BCUT2D eigenvalue weighted by Crippen LogP contribution is -2.40. The normalized spacial score (nSPS) is 13.7. The molecule has 2 amide bonds. The molecule has 0 aliphatic carbocycles. The van der Waals surface area contributed by atoms with Crippen LogP contribution in [0.5, 0.6) is 5.75 Å². The molecule has 0 spiro atoms. The van der Waals surface area contributed by atoms with E-state index in [9.17, 15) is 13.6 Å². The highest BCUT2D eigenvalue weighted by atomic mass is 19.1. The molecule has 0 fully saturated rings. The molecule has 1 aliphatic heterocycles. The van der Waals surface area contributed by atoms with Gasteiger partial charge in [-0.15, -0.1) is 0 Å². The van der Waals surface area contributed by atoms with Gasteiger partial charge in [0.25, 0.3) is 0 Å². The molecule has 7 heteroatoms. The molecule has 1 N–H and O–H groups in total. The van der Waals surface area contributed by atoms with Crippen molar-refractivity contribution < 1.29 is 18.3 Å². The van der Waals surface area contributed by atoms with Gasteiger partial charge >= 0.3 is 6.03 Å². The Bertz CT molecular complexity index is 707. The average Bonchev–Trinajstić information content (AvgIpc) is 2.78. The van der Waals surface area contributed by atoms with Crippen LogP contribution in [0.3, 0.4) is 0 Å². The summed E-state index contributed by atoms with van der Waals surface area (Å²) in [4.78, 5) is 17.6. The number of hydrogen-bond donors (Lipinski definition) is 1. The van der Waals surface area contributed by atoms with Crippen molar-refractivity contribution in [1.82, 2.24) is 15.2 Å². The molecule has 23 heavy (non-hydrogen) atoms. The van der Waals surface area contributed by atoms with Crippen LogP contribution in [0.2, 0.25) is 0 Å². The molecule has 0 saturated heterocycles. The van der Waals surface area contributed by atoms with Crippen LogP contribution in [0.4, 0.5) is 13.6 Å². The summed E-state index contributed by atoms with van der Waals surface area (Å²) >= 11 is 0. The molecule has 1 aliphatic rings. The fraction of sp³-hybridized carbons (Fsp3) is 0.250. The molecule has 0 saturated carbocycles. The second kappa shape index (κ2) is 6.60. The van der Waals surface area contributed by atoms with E-state index in [0.29, 0.717) is 30.2 Å². The third kappa shape index (κ3) is 3.56. The van der Waals surface area contributed by atoms with Gasteiger partial charge in [0.1, 0.15) is 24.0 Å². The molecule has 5 nitrogen and oxygen atoms in total. The van der Waals surface area contributed by atoms with Crippen molar-refractivity contribution in [2.45, 2.75) is 13.1 Å². The first kappa shape index (κ1) is 15.2. The molecule has 120 valence electrons. The van der Waals surface area contributed by atoms with Gasteiger partial charge in [0.05, 0.1) is 31.5 Å². The molecule has 0 unspecified atom stereocenters. The number of hydrogen-bond acceptors (Lipinski definition) is 3. The Labute approximate surface area is 131 Å². The summed E-state index contributed by atoms with van der Waals surface area (Å²) < 4.78 is 32.2. The quantitative estimate of drug-likeness (QED) is 0.925. The van der Waals surface area contributed by atoms with Crippen LogP contribution in [-0.4, -0.2) is 29.1 Å². The van der Waals surface area contributed by atoms with Crippen molar-refractivity contribution in [2.24, 2.45) is 0 Å². The van der Waals surface area contributed by atoms with Crippen molar-refractivity contribution in [3.8, 4) is 5.75 Å². The van der Waals surface area contributed by atoms with E-state index >= 15 is 0 Å². The van der Waals surface area contributed by atoms with E-state index in [4.69, 9.17) is 4.74 Å². The van der Waals surface area contributed by atoms with Gasteiger partial charge in [-0.1, -0.05) is 6.07 Å². The summed E-state index contributed by atoms with van der Waals surface area (Å²) in [5, 5.41) is 2.69. The Morgan fingerprint density at radius 3 is 2.96 bits per heavy atom. The number of aromatic nitrogens is 1. The molecule has 0 bridgehead atoms. The van der Waals surface area contributed by atoms with E-state index < -0.39 is 11.6 Å². The van der Waals surface area contributed by atoms with Crippen molar-refractivity contribution in [2.75, 3.05) is 13.2 Å². The molecule has 2 aromatic rings. The van der Waals surface area contributed by atoms with Crippen LogP contribution in [0.1, 0.15) is 11.3 Å². The Balaban J connectivity index is 1.65. The second-order valence-electron chi connectivity index (χ2n) is 5.11. The maximum atomic E-state index is 13.9. The monoisotopic (exact) mass is 319 g/mol. The predicted molar refractivity (Wildman–Crippen MR) is 78.7 cm³/mol. The van der Waals surface area contributed by atoms with Crippen molar-refractivity contribution in [3.05, 3.63) is 59.4 Å². The fourth-order valence-electron chi connectivity index (χ4n) is 2.33. The minimum Gasteiger partial charge on any atom is -0.491 e. The van der Waals surface area contributed by atoms with Gasteiger partial charge < -0.3 is 15.0 Å². The number of pyridine rings is 1. The molecular formula is C16H15F2N3O2. The van der Waals surface area contributed by atoms with Gasteiger partial charge in [0.2, 0.25) is 0 Å². The highest BCUT2D eigenvalue weighted by Gasteiger charge is 2.22. The van der Waals surface area contributed by atoms with Crippen molar-refractivity contribution in [3.63, 3.8) is 0 Å². The summed E-state index contributed by atoms with van der Waals surface area (Å²) in [6.07, 6.45) is 1.09. The lowest BCUT2D eigenvalue weighted by atomic mass is 10.2. The number of halogens is 2. The van der Waals surface area contributed by atoms with E-state index in [1.807, 2.05) is 0 Å². The molecule has 1 aromatic carbocycles. The molecule has 1 aromatic heterocycles. The SMILES string of the molecule is O=C(NCc1ccc(F)cn1)N1CCOc2cccc(F)c2C1. The van der Waals surface area contributed by atoms with Crippen LogP contribution in [0.15, 0.2) is 36.5 Å². The van der Waals surface area contributed by atoms with Gasteiger partial charge in [-0.05, 0) is 24.3 Å². The largest absolute Gasteiger partial charge is 0.491 e. The minimum atomic E-state index is -0.433. The maximum absolute atomic E-state index is 13.9. The molecular weight excluding hydrogens is 304 g/mol. The average molecular weight is 319 g/mol. The van der Waals surface area contributed by atoms with E-state index in [1.54, 1.807) is 12.1 Å². The van der Waals surface area contributed by atoms with E-state index in [2.05, 4.69) is 10.3 Å². The van der Waals surface area contributed by atoms with E-state index in [-0.39, 0.29) is 19.1 Å². The number of benzene rings is 1. The van der Waals surface area contributed by atoms with Crippen LogP contribution < -0.4 is 10.1 Å². The molecule has 0 radical (unpaired) electrons. The van der Waals surface area contributed by atoms with Gasteiger partial charge in [-0.3, -0.25) is 4.98 Å². The van der Waals surface area contributed by atoms with E-state index in [0.717, 1.165) is 6.20 Å². The summed E-state index contributed by atoms with van der Waals surface area (Å²) in [6, 6.07) is 7.02. The minimum absolute atomic E-state index is 0.130. The molecule has 0 atom stereocenters. The number of ether oxygens (including phenoxy) is 1. The summed E-state index contributed by atoms with van der Waals surface area (Å²) in [5.41, 5.74) is 0.900. The predicted octanol–water partition coefficient (Wildman–Crippen LogP) is 2.46. The number of rotatable bonds is 2. The summed E-state index contributed by atoms with van der Waals surface area (Å²) in [5.74, 6) is -0.375. The van der Waals surface area contributed by atoms with Gasteiger partial charge in [0.15, 0.2) is 0 Å². The van der Waals surface area contributed by atoms with E-state index in [1.165, 1.54) is 23.1 Å². The number of urea groups is 1. The van der Waals surface area contributed by atoms with Gasteiger partial charge in [0, 0.05) is 5.56 Å². The first-order chi connectivity index (χ1) is 11.1. The third-order valence-electron chi connectivity index (χ3n) is 3.54. The highest BCUT2D eigenvalue weighted by Crippen LogP contribution is 2.25. The van der Waals surface area contributed by atoms with Crippen LogP contribution in [-0.2, 0) is 13.1 Å². The highest BCUT2D eigenvalue weighted by molar-refractivity contribution is 5.74. The maximum Gasteiger partial charge on any atom is 0.318 e. The summed E-state index contributed by atoms with van der Waals surface area (Å²) in [7, 11) is 0. The van der Waals surface area contributed by atoms with Gasteiger partial charge in [-0.2, -0.15) is 0 Å². The number of nitrogens with one attached hydrogen (secondary N) is 1. The van der Waals surface area contributed by atoms with Crippen molar-refractivity contribution in [1.29, 1.82) is 0 Å². The second-order valence-corrected chi connectivity index (χ2v) is 5.11. The smallest absolute Gasteiger partial charge is 0.318 e. The zero-order valence-electron chi connectivity index (χ0n) is 12.3. The number of fused-ring (bicyclic) bond motifs is 1. The Morgan fingerprint density at radius 2 is 2.17 bits per heavy atom. The Hall–Kier alpha value is -2.70. The van der Waals surface area contributed by atoms with Crippen LogP contribution >= 0.6 is 0 Å². The lowest BCUT2D eigenvalue weighted by molar-refractivity contribution is 0.187. The molecule has 3 rings (SSSR count). The van der Waals surface area contributed by atoms with Gasteiger partial charge in [-0.25, -0.2) is 13.6 Å². The summed E-state index contributed by atoms with van der Waals surface area (Å²) in [6.45, 7) is 0.931.